The summed E-state index contributed by atoms with van der Waals surface area (Å²) >= 11 is 1.59. The molecule has 0 saturated heterocycles. The minimum atomic E-state index is -0.0840. The summed E-state index contributed by atoms with van der Waals surface area (Å²) in [5.74, 6) is 0.780. The van der Waals surface area contributed by atoms with Crippen LogP contribution in [0.1, 0.15) is 34.4 Å². The standard InChI is InChI=1S/C21H21N3O2S/c1-13(11-17-5-4-10-26-17)22-20(25)16-8-9-18-19(12-16)27-21(23-18)24-14(2)6-7-15(24)3/h4-10,12-13H,11H2,1-3H3,(H,22,25)/t13-/m1/s1. The molecule has 6 heteroatoms. The Morgan fingerprint density at radius 3 is 2.70 bits per heavy atom. The molecular weight excluding hydrogens is 358 g/mol. The molecule has 4 rings (SSSR count). The van der Waals surface area contributed by atoms with Crippen molar-refractivity contribution >= 4 is 27.5 Å². The summed E-state index contributed by atoms with van der Waals surface area (Å²) in [5, 5.41) is 3.96. The molecule has 0 fully saturated rings. The summed E-state index contributed by atoms with van der Waals surface area (Å²) < 4.78 is 8.48. The number of carbonyl (C=O) groups excluding carboxylic acids is 1. The van der Waals surface area contributed by atoms with Crippen molar-refractivity contribution in [2.45, 2.75) is 33.2 Å². The van der Waals surface area contributed by atoms with Crippen LogP contribution in [0.15, 0.2) is 53.1 Å². The van der Waals surface area contributed by atoms with Gasteiger partial charge in [-0.05, 0) is 63.2 Å². The van der Waals surface area contributed by atoms with Crippen LogP contribution in [0.3, 0.4) is 0 Å². The molecular formula is C21H21N3O2S. The number of rotatable bonds is 5. The van der Waals surface area contributed by atoms with Crippen LogP contribution in [0.4, 0.5) is 0 Å². The lowest BCUT2D eigenvalue weighted by Gasteiger charge is -2.12. The number of aryl methyl sites for hydroxylation is 2. The molecule has 0 unspecified atom stereocenters. The molecule has 3 heterocycles. The molecule has 1 atom stereocenters. The molecule has 0 bridgehead atoms. The maximum Gasteiger partial charge on any atom is 0.251 e. The van der Waals surface area contributed by atoms with Crippen LogP contribution in [0.2, 0.25) is 0 Å². The first kappa shape index (κ1) is 17.5. The van der Waals surface area contributed by atoms with E-state index in [0.717, 1.165) is 32.5 Å². The SMILES string of the molecule is Cc1ccc(C)n1-c1nc2ccc(C(=O)N[C@H](C)Cc3ccco3)cc2s1. The molecule has 138 valence electrons. The van der Waals surface area contributed by atoms with E-state index < -0.39 is 0 Å². The van der Waals surface area contributed by atoms with E-state index in [4.69, 9.17) is 9.40 Å². The Balaban J connectivity index is 1.55. The average molecular weight is 379 g/mol. The highest BCUT2D eigenvalue weighted by atomic mass is 32.1. The van der Waals surface area contributed by atoms with Gasteiger partial charge in [0, 0.05) is 29.4 Å². The molecule has 0 radical (unpaired) electrons. The van der Waals surface area contributed by atoms with Crippen LogP contribution in [0, 0.1) is 13.8 Å². The van der Waals surface area contributed by atoms with Crippen molar-refractivity contribution in [1.82, 2.24) is 14.9 Å². The largest absolute Gasteiger partial charge is 0.469 e. The van der Waals surface area contributed by atoms with Gasteiger partial charge in [0.05, 0.1) is 16.5 Å². The zero-order valence-corrected chi connectivity index (χ0v) is 16.3. The van der Waals surface area contributed by atoms with Gasteiger partial charge < -0.3 is 9.73 Å². The molecule has 27 heavy (non-hydrogen) atoms. The van der Waals surface area contributed by atoms with Crippen LogP contribution < -0.4 is 5.32 Å². The van der Waals surface area contributed by atoms with E-state index in [0.29, 0.717) is 12.0 Å². The van der Waals surface area contributed by atoms with Gasteiger partial charge in [0.1, 0.15) is 5.76 Å². The topological polar surface area (TPSA) is 60.1 Å². The van der Waals surface area contributed by atoms with Crippen molar-refractivity contribution in [2.75, 3.05) is 0 Å². The lowest BCUT2D eigenvalue weighted by atomic mass is 10.1. The molecule has 0 aliphatic carbocycles. The first-order chi connectivity index (χ1) is 13.0. The molecule has 5 nitrogen and oxygen atoms in total. The van der Waals surface area contributed by atoms with Gasteiger partial charge in [-0.2, -0.15) is 0 Å². The van der Waals surface area contributed by atoms with E-state index in [-0.39, 0.29) is 11.9 Å². The van der Waals surface area contributed by atoms with Gasteiger partial charge in [-0.15, -0.1) is 0 Å². The van der Waals surface area contributed by atoms with Gasteiger partial charge in [0.15, 0.2) is 5.13 Å². The Kier molecular flexibility index (Phi) is 4.58. The number of aromatic nitrogens is 2. The van der Waals surface area contributed by atoms with Crippen molar-refractivity contribution in [1.29, 1.82) is 0 Å². The summed E-state index contributed by atoms with van der Waals surface area (Å²) in [6, 6.07) is 13.6. The minimum absolute atomic E-state index is 0.0125. The number of nitrogens with zero attached hydrogens (tertiary/aromatic N) is 2. The Bertz CT molecular complexity index is 1070. The zero-order valence-electron chi connectivity index (χ0n) is 15.5. The highest BCUT2D eigenvalue weighted by Crippen LogP contribution is 2.28. The molecule has 1 aromatic carbocycles. The molecule has 0 aliphatic rings. The van der Waals surface area contributed by atoms with Gasteiger partial charge in [0.25, 0.3) is 5.91 Å². The Morgan fingerprint density at radius 2 is 2.00 bits per heavy atom. The number of carbonyl (C=O) groups is 1. The Labute approximate surface area is 161 Å². The van der Waals surface area contributed by atoms with Crippen LogP contribution in [0.25, 0.3) is 15.3 Å². The van der Waals surface area contributed by atoms with Crippen LogP contribution in [-0.4, -0.2) is 21.5 Å². The number of hydrogen-bond donors (Lipinski definition) is 1. The predicted octanol–water partition coefficient (Wildman–Crippen LogP) is 4.66. The molecule has 0 saturated carbocycles. The van der Waals surface area contributed by atoms with Crippen molar-refractivity contribution in [3.05, 3.63) is 71.4 Å². The van der Waals surface area contributed by atoms with E-state index in [9.17, 15) is 4.79 Å². The normalized spacial score (nSPS) is 12.4. The number of nitrogens with one attached hydrogen (secondary N) is 1. The average Bonchev–Trinajstić information content (AvgIpc) is 3.34. The van der Waals surface area contributed by atoms with Gasteiger partial charge in [0.2, 0.25) is 0 Å². The quantitative estimate of drug-likeness (QED) is 0.549. The minimum Gasteiger partial charge on any atom is -0.469 e. The fourth-order valence-corrected chi connectivity index (χ4v) is 4.33. The second-order valence-electron chi connectivity index (χ2n) is 6.79. The second-order valence-corrected chi connectivity index (χ2v) is 7.80. The number of hydrogen-bond acceptors (Lipinski definition) is 4. The van der Waals surface area contributed by atoms with Gasteiger partial charge in [-0.3, -0.25) is 9.36 Å². The van der Waals surface area contributed by atoms with E-state index in [1.54, 1.807) is 17.6 Å². The predicted molar refractivity (Wildman–Crippen MR) is 108 cm³/mol. The van der Waals surface area contributed by atoms with Gasteiger partial charge in [-0.25, -0.2) is 4.98 Å². The summed E-state index contributed by atoms with van der Waals surface area (Å²) in [5.41, 5.74) is 3.85. The molecule has 3 aromatic heterocycles. The van der Waals surface area contributed by atoms with E-state index in [1.165, 1.54) is 0 Å². The third-order valence-electron chi connectivity index (χ3n) is 4.57. The van der Waals surface area contributed by atoms with E-state index in [2.05, 4.69) is 35.9 Å². The van der Waals surface area contributed by atoms with Crippen LogP contribution in [-0.2, 0) is 6.42 Å². The lowest BCUT2D eigenvalue weighted by Crippen LogP contribution is -2.33. The molecule has 4 aromatic rings. The molecule has 1 amide bonds. The summed E-state index contributed by atoms with van der Waals surface area (Å²) in [7, 11) is 0. The molecule has 1 N–H and O–H groups in total. The van der Waals surface area contributed by atoms with Crippen LogP contribution in [0.5, 0.6) is 0 Å². The van der Waals surface area contributed by atoms with Crippen LogP contribution >= 0.6 is 11.3 Å². The number of fused-ring (bicyclic) bond motifs is 1. The molecule has 0 aliphatic heterocycles. The smallest absolute Gasteiger partial charge is 0.251 e. The number of benzene rings is 1. The van der Waals surface area contributed by atoms with Crippen molar-refractivity contribution in [2.24, 2.45) is 0 Å². The maximum atomic E-state index is 12.6. The number of thiazole rings is 1. The monoisotopic (exact) mass is 379 g/mol. The fraction of sp³-hybridized carbons (Fsp3) is 0.238. The maximum absolute atomic E-state index is 12.6. The highest BCUT2D eigenvalue weighted by molar-refractivity contribution is 7.20. The lowest BCUT2D eigenvalue weighted by molar-refractivity contribution is 0.0939. The number of amides is 1. The Morgan fingerprint density at radius 1 is 1.22 bits per heavy atom. The van der Waals surface area contributed by atoms with Gasteiger partial charge in [-0.1, -0.05) is 11.3 Å². The third kappa shape index (κ3) is 3.53. The van der Waals surface area contributed by atoms with E-state index in [1.807, 2.05) is 37.3 Å². The summed E-state index contributed by atoms with van der Waals surface area (Å²) in [6.45, 7) is 6.11. The summed E-state index contributed by atoms with van der Waals surface area (Å²) in [6.07, 6.45) is 2.31. The highest BCUT2D eigenvalue weighted by Gasteiger charge is 2.14. The van der Waals surface area contributed by atoms with Crippen molar-refractivity contribution in [3.8, 4) is 5.13 Å². The second kappa shape index (κ2) is 7.04. The first-order valence-corrected chi connectivity index (χ1v) is 9.72. The Hall–Kier alpha value is -2.86. The van der Waals surface area contributed by atoms with Crippen molar-refractivity contribution in [3.63, 3.8) is 0 Å². The van der Waals surface area contributed by atoms with Gasteiger partial charge >= 0.3 is 0 Å². The third-order valence-corrected chi connectivity index (χ3v) is 5.57. The van der Waals surface area contributed by atoms with E-state index >= 15 is 0 Å². The zero-order chi connectivity index (χ0) is 19.0. The molecule has 0 spiro atoms. The summed E-state index contributed by atoms with van der Waals surface area (Å²) in [4.78, 5) is 17.3. The fourth-order valence-electron chi connectivity index (χ4n) is 3.21. The number of furan rings is 1. The first-order valence-electron chi connectivity index (χ1n) is 8.90. The van der Waals surface area contributed by atoms with Crippen molar-refractivity contribution < 1.29 is 9.21 Å².